The highest BCUT2D eigenvalue weighted by atomic mass is 19.1. The molecule has 2 rings (SSSR count). The van der Waals surface area contributed by atoms with Gasteiger partial charge in [0.15, 0.2) is 5.78 Å². The van der Waals surface area contributed by atoms with Gasteiger partial charge in [-0.3, -0.25) is 4.79 Å². The fourth-order valence-corrected chi connectivity index (χ4v) is 2.54. The first-order chi connectivity index (χ1) is 8.49. The molecule has 2 N–H and O–H groups in total. The first kappa shape index (κ1) is 13.1. The summed E-state index contributed by atoms with van der Waals surface area (Å²) in [5, 5.41) is 0. The zero-order chi connectivity index (χ0) is 13.2. The van der Waals surface area contributed by atoms with Gasteiger partial charge >= 0.3 is 0 Å². The molecule has 1 aliphatic rings. The van der Waals surface area contributed by atoms with Crippen LogP contribution in [-0.2, 0) is 11.2 Å². The molecule has 0 aromatic heterocycles. The summed E-state index contributed by atoms with van der Waals surface area (Å²) >= 11 is 0. The molecule has 0 spiro atoms. The van der Waals surface area contributed by atoms with Crippen molar-refractivity contribution in [2.75, 3.05) is 0 Å². The van der Waals surface area contributed by atoms with Crippen molar-refractivity contribution >= 4 is 5.78 Å². The zero-order valence-electron chi connectivity index (χ0n) is 10.2. The maximum atomic E-state index is 13.0. The average Bonchev–Trinajstić information content (AvgIpc) is 2.28. The minimum atomic E-state index is -0.805. The van der Waals surface area contributed by atoms with E-state index >= 15 is 0 Å². The maximum absolute atomic E-state index is 13.0. The molecule has 0 saturated heterocycles. The number of halogens is 2. The van der Waals surface area contributed by atoms with Crippen LogP contribution in [0, 0.1) is 11.6 Å². The number of nitrogens with two attached hydrogens (primary N) is 1. The zero-order valence-corrected chi connectivity index (χ0v) is 10.2. The van der Waals surface area contributed by atoms with Gasteiger partial charge in [0.2, 0.25) is 0 Å². The Balaban J connectivity index is 2.10. The van der Waals surface area contributed by atoms with E-state index in [1.54, 1.807) is 0 Å². The van der Waals surface area contributed by atoms with Crippen LogP contribution < -0.4 is 5.73 Å². The Morgan fingerprint density at radius 1 is 1.11 bits per heavy atom. The summed E-state index contributed by atoms with van der Waals surface area (Å²) in [4.78, 5) is 12.1. The Bertz CT molecular complexity index is 433. The summed E-state index contributed by atoms with van der Waals surface area (Å²) in [6.45, 7) is 0. The summed E-state index contributed by atoms with van der Waals surface area (Å²) in [7, 11) is 0. The summed E-state index contributed by atoms with van der Waals surface area (Å²) in [5.41, 5.74) is 5.64. The van der Waals surface area contributed by atoms with Crippen molar-refractivity contribution in [1.29, 1.82) is 0 Å². The van der Waals surface area contributed by atoms with Gasteiger partial charge in [0.1, 0.15) is 11.6 Å². The summed E-state index contributed by atoms with van der Waals surface area (Å²) < 4.78 is 26.1. The van der Waals surface area contributed by atoms with Gasteiger partial charge < -0.3 is 5.73 Å². The van der Waals surface area contributed by atoms with E-state index in [-0.39, 0.29) is 12.2 Å². The Morgan fingerprint density at radius 3 is 2.22 bits per heavy atom. The number of benzene rings is 1. The summed E-state index contributed by atoms with van der Waals surface area (Å²) in [6.07, 6.45) is 4.33. The van der Waals surface area contributed by atoms with E-state index in [2.05, 4.69) is 0 Å². The molecule has 2 nitrogen and oxygen atoms in total. The molecule has 0 heterocycles. The van der Waals surface area contributed by atoms with E-state index in [0.29, 0.717) is 18.4 Å². The Hall–Kier alpha value is -1.29. The van der Waals surface area contributed by atoms with E-state index in [1.165, 1.54) is 12.1 Å². The normalized spacial score (nSPS) is 18.6. The third-order valence-corrected chi connectivity index (χ3v) is 3.59. The molecule has 4 heteroatoms. The number of hydrogen-bond donors (Lipinski definition) is 1. The van der Waals surface area contributed by atoms with Crippen LogP contribution in [0.4, 0.5) is 8.78 Å². The minimum absolute atomic E-state index is 0.00514. The highest BCUT2D eigenvalue weighted by molar-refractivity contribution is 5.90. The van der Waals surface area contributed by atoms with Gasteiger partial charge in [0.05, 0.1) is 5.54 Å². The lowest BCUT2D eigenvalue weighted by Crippen LogP contribution is -2.50. The van der Waals surface area contributed by atoms with Crippen molar-refractivity contribution in [3.63, 3.8) is 0 Å². The smallest absolute Gasteiger partial charge is 0.156 e. The Morgan fingerprint density at radius 2 is 1.67 bits per heavy atom. The van der Waals surface area contributed by atoms with Crippen molar-refractivity contribution in [3.8, 4) is 0 Å². The van der Waals surface area contributed by atoms with Crippen molar-refractivity contribution < 1.29 is 13.6 Å². The third-order valence-electron chi connectivity index (χ3n) is 3.59. The number of rotatable bonds is 3. The SMILES string of the molecule is NC1(C(=O)Cc2cc(F)cc(F)c2)CCCCC1. The number of Topliss-reactive ketones (excluding diaryl/α,β-unsaturated/α-hetero) is 1. The minimum Gasteiger partial charge on any atom is -0.319 e. The quantitative estimate of drug-likeness (QED) is 0.900. The second-order valence-electron chi connectivity index (χ2n) is 5.09. The second-order valence-corrected chi connectivity index (χ2v) is 5.09. The molecule has 0 amide bonds. The molecule has 0 atom stereocenters. The van der Waals surface area contributed by atoms with Crippen LogP contribution in [0.25, 0.3) is 0 Å². The average molecular weight is 253 g/mol. The van der Waals surface area contributed by atoms with Crippen molar-refractivity contribution in [1.82, 2.24) is 0 Å². The molecular weight excluding hydrogens is 236 g/mol. The van der Waals surface area contributed by atoms with Gasteiger partial charge in [0.25, 0.3) is 0 Å². The molecule has 1 saturated carbocycles. The van der Waals surface area contributed by atoms with Crippen molar-refractivity contribution in [2.45, 2.75) is 44.1 Å². The third kappa shape index (κ3) is 2.93. The van der Waals surface area contributed by atoms with Gasteiger partial charge in [-0.05, 0) is 30.5 Å². The van der Waals surface area contributed by atoms with E-state index in [0.717, 1.165) is 25.3 Å². The lowest BCUT2D eigenvalue weighted by Gasteiger charge is -2.31. The van der Waals surface area contributed by atoms with Crippen LogP contribution >= 0.6 is 0 Å². The topological polar surface area (TPSA) is 43.1 Å². The molecule has 98 valence electrons. The molecule has 0 bridgehead atoms. The van der Waals surface area contributed by atoms with E-state index in [1.807, 2.05) is 0 Å². The largest absolute Gasteiger partial charge is 0.319 e. The first-order valence-corrected chi connectivity index (χ1v) is 6.27. The van der Waals surface area contributed by atoms with E-state index < -0.39 is 17.2 Å². The second kappa shape index (κ2) is 5.14. The molecule has 18 heavy (non-hydrogen) atoms. The lowest BCUT2D eigenvalue weighted by molar-refractivity contribution is -0.124. The van der Waals surface area contributed by atoms with Crippen LogP contribution in [-0.4, -0.2) is 11.3 Å². The van der Waals surface area contributed by atoms with Crippen molar-refractivity contribution in [3.05, 3.63) is 35.4 Å². The molecule has 1 aromatic carbocycles. The molecule has 1 aliphatic carbocycles. The monoisotopic (exact) mass is 253 g/mol. The van der Waals surface area contributed by atoms with Crippen LogP contribution in [0.2, 0.25) is 0 Å². The van der Waals surface area contributed by atoms with Crippen LogP contribution in [0.15, 0.2) is 18.2 Å². The molecule has 1 fully saturated rings. The number of hydrogen-bond acceptors (Lipinski definition) is 2. The molecular formula is C14H17F2NO. The van der Waals surface area contributed by atoms with Gasteiger partial charge in [-0.15, -0.1) is 0 Å². The number of carbonyl (C=O) groups excluding carboxylic acids is 1. The van der Waals surface area contributed by atoms with Crippen LogP contribution in [0.1, 0.15) is 37.7 Å². The predicted octanol–water partition coefficient (Wildman–Crippen LogP) is 2.74. The highest BCUT2D eigenvalue weighted by Crippen LogP contribution is 2.27. The van der Waals surface area contributed by atoms with Crippen molar-refractivity contribution in [2.24, 2.45) is 5.73 Å². The molecule has 0 unspecified atom stereocenters. The lowest BCUT2D eigenvalue weighted by atomic mass is 9.78. The van der Waals surface area contributed by atoms with Gasteiger partial charge in [-0.25, -0.2) is 8.78 Å². The number of carbonyl (C=O) groups is 1. The molecule has 0 aliphatic heterocycles. The molecule has 1 aromatic rings. The standard InChI is InChI=1S/C14H17F2NO/c15-11-6-10(7-12(16)9-11)8-13(18)14(17)4-2-1-3-5-14/h6-7,9H,1-5,8,17H2. The van der Waals surface area contributed by atoms with Gasteiger partial charge in [0, 0.05) is 12.5 Å². The fourth-order valence-electron chi connectivity index (χ4n) is 2.54. The fraction of sp³-hybridized carbons (Fsp3) is 0.500. The number of ketones is 1. The maximum Gasteiger partial charge on any atom is 0.156 e. The first-order valence-electron chi connectivity index (χ1n) is 6.27. The van der Waals surface area contributed by atoms with Crippen LogP contribution in [0.5, 0.6) is 0 Å². The molecule has 0 radical (unpaired) electrons. The summed E-state index contributed by atoms with van der Waals surface area (Å²) in [6, 6.07) is 3.17. The summed E-state index contributed by atoms with van der Waals surface area (Å²) in [5.74, 6) is -1.44. The predicted molar refractivity (Wildman–Crippen MR) is 65.1 cm³/mol. The van der Waals surface area contributed by atoms with E-state index in [4.69, 9.17) is 5.73 Å². The van der Waals surface area contributed by atoms with E-state index in [9.17, 15) is 13.6 Å². The highest BCUT2D eigenvalue weighted by Gasteiger charge is 2.34. The Labute approximate surface area is 105 Å². The van der Waals surface area contributed by atoms with Gasteiger partial charge in [-0.1, -0.05) is 19.3 Å². The van der Waals surface area contributed by atoms with Crippen LogP contribution in [0.3, 0.4) is 0 Å². The Kier molecular flexibility index (Phi) is 3.76. The van der Waals surface area contributed by atoms with Gasteiger partial charge in [-0.2, -0.15) is 0 Å².